The maximum absolute atomic E-state index is 5.52. The number of hydrogen-bond acceptors (Lipinski definition) is 3. The third kappa shape index (κ3) is 3.14. The van der Waals surface area contributed by atoms with E-state index in [0.29, 0.717) is 6.61 Å². The van der Waals surface area contributed by atoms with Crippen molar-refractivity contribution in [2.45, 2.75) is 45.7 Å². The van der Waals surface area contributed by atoms with Crippen LogP contribution < -0.4 is 10.1 Å². The molecular formula is C19H24N2O. The lowest BCUT2D eigenvalue weighted by Gasteiger charge is -2.19. The molecule has 0 amide bonds. The minimum atomic E-state index is 0.129. The summed E-state index contributed by atoms with van der Waals surface area (Å²) in [6.45, 7) is 7.75. The van der Waals surface area contributed by atoms with Crippen LogP contribution in [-0.2, 0) is 12.1 Å². The molecule has 1 aliphatic rings. The van der Waals surface area contributed by atoms with Gasteiger partial charge in [-0.3, -0.25) is 4.98 Å². The van der Waals surface area contributed by atoms with E-state index in [9.17, 15) is 0 Å². The third-order valence-electron chi connectivity index (χ3n) is 4.39. The standard InChI is InChI=1S/C19H24N2O/c1-4-22-17-7-5-16(6-8-17)19(9-10-19)21-13-18-15(3)11-14(2)12-20-18/h5-8,11-12,21H,4,9-10,13H2,1-3H3. The van der Waals surface area contributed by atoms with Crippen molar-refractivity contribution in [2.75, 3.05) is 6.61 Å². The van der Waals surface area contributed by atoms with Crippen LogP contribution in [0.1, 0.15) is 42.1 Å². The van der Waals surface area contributed by atoms with Crippen LogP contribution in [0, 0.1) is 13.8 Å². The lowest BCUT2D eigenvalue weighted by molar-refractivity contribution is 0.340. The van der Waals surface area contributed by atoms with Crippen molar-refractivity contribution in [1.29, 1.82) is 0 Å². The van der Waals surface area contributed by atoms with Gasteiger partial charge in [-0.15, -0.1) is 0 Å². The molecule has 2 aromatic rings. The highest BCUT2D eigenvalue weighted by Crippen LogP contribution is 2.46. The predicted octanol–water partition coefficient (Wildman–Crippen LogP) is 3.88. The first-order valence-corrected chi connectivity index (χ1v) is 8.03. The first kappa shape index (κ1) is 15.0. The minimum absolute atomic E-state index is 0.129. The molecule has 0 saturated heterocycles. The van der Waals surface area contributed by atoms with Gasteiger partial charge in [0, 0.05) is 18.3 Å². The molecule has 0 aliphatic heterocycles. The zero-order valence-corrected chi connectivity index (χ0v) is 13.6. The number of nitrogens with one attached hydrogen (secondary N) is 1. The van der Waals surface area contributed by atoms with E-state index in [4.69, 9.17) is 4.74 Å². The van der Waals surface area contributed by atoms with Crippen molar-refractivity contribution < 1.29 is 4.74 Å². The third-order valence-corrected chi connectivity index (χ3v) is 4.39. The molecule has 22 heavy (non-hydrogen) atoms. The normalized spacial score (nSPS) is 15.6. The Morgan fingerprint density at radius 2 is 1.91 bits per heavy atom. The molecule has 1 saturated carbocycles. The molecule has 0 bridgehead atoms. The number of rotatable bonds is 6. The summed E-state index contributed by atoms with van der Waals surface area (Å²) in [5.41, 5.74) is 5.09. The highest BCUT2D eigenvalue weighted by molar-refractivity contribution is 5.35. The van der Waals surface area contributed by atoms with Gasteiger partial charge in [0.25, 0.3) is 0 Å². The summed E-state index contributed by atoms with van der Waals surface area (Å²) in [7, 11) is 0. The lowest BCUT2D eigenvalue weighted by Crippen LogP contribution is -2.29. The molecule has 116 valence electrons. The van der Waals surface area contributed by atoms with Gasteiger partial charge in [0.15, 0.2) is 0 Å². The van der Waals surface area contributed by atoms with Crippen LogP contribution >= 0.6 is 0 Å². The maximum Gasteiger partial charge on any atom is 0.119 e. The van der Waals surface area contributed by atoms with Crippen LogP contribution in [-0.4, -0.2) is 11.6 Å². The molecule has 3 rings (SSSR count). The van der Waals surface area contributed by atoms with E-state index in [1.54, 1.807) is 0 Å². The summed E-state index contributed by atoms with van der Waals surface area (Å²) >= 11 is 0. The first-order chi connectivity index (χ1) is 10.6. The largest absolute Gasteiger partial charge is 0.494 e. The summed E-state index contributed by atoms with van der Waals surface area (Å²) in [5.74, 6) is 0.943. The predicted molar refractivity (Wildman–Crippen MR) is 89.1 cm³/mol. The van der Waals surface area contributed by atoms with Crippen LogP contribution in [0.4, 0.5) is 0 Å². The zero-order chi connectivity index (χ0) is 15.6. The highest BCUT2D eigenvalue weighted by atomic mass is 16.5. The molecular weight excluding hydrogens is 272 g/mol. The lowest BCUT2D eigenvalue weighted by atomic mass is 10.0. The Bertz CT molecular complexity index is 645. The maximum atomic E-state index is 5.52. The number of aryl methyl sites for hydroxylation is 2. The number of pyridine rings is 1. The van der Waals surface area contributed by atoms with Crippen molar-refractivity contribution in [1.82, 2.24) is 10.3 Å². The molecule has 3 heteroatoms. The van der Waals surface area contributed by atoms with Crippen molar-refractivity contribution in [2.24, 2.45) is 0 Å². The summed E-state index contributed by atoms with van der Waals surface area (Å²) < 4.78 is 5.52. The van der Waals surface area contributed by atoms with Gasteiger partial charge in [-0.05, 0) is 62.4 Å². The SMILES string of the molecule is CCOc1ccc(C2(NCc3ncc(C)cc3C)CC2)cc1. The quantitative estimate of drug-likeness (QED) is 0.878. The van der Waals surface area contributed by atoms with E-state index in [2.05, 4.69) is 54.5 Å². The van der Waals surface area contributed by atoms with E-state index < -0.39 is 0 Å². The van der Waals surface area contributed by atoms with Gasteiger partial charge in [-0.2, -0.15) is 0 Å². The summed E-state index contributed by atoms with van der Waals surface area (Å²) in [6, 6.07) is 10.7. The molecule has 0 atom stereocenters. The Hall–Kier alpha value is -1.87. The highest BCUT2D eigenvalue weighted by Gasteiger charge is 2.43. The average molecular weight is 296 g/mol. The Kier molecular flexibility index (Phi) is 4.16. The van der Waals surface area contributed by atoms with Gasteiger partial charge in [0.2, 0.25) is 0 Å². The fourth-order valence-electron chi connectivity index (χ4n) is 2.91. The number of nitrogens with zero attached hydrogens (tertiary/aromatic N) is 1. The molecule has 1 aliphatic carbocycles. The molecule has 0 spiro atoms. The second-order valence-electron chi connectivity index (χ2n) is 6.17. The number of aromatic nitrogens is 1. The Labute approximate surface area is 132 Å². The summed E-state index contributed by atoms with van der Waals surface area (Å²) in [4.78, 5) is 4.56. The van der Waals surface area contributed by atoms with Gasteiger partial charge in [-0.25, -0.2) is 0 Å². The van der Waals surface area contributed by atoms with Crippen molar-refractivity contribution in [3.8, 4) is 5.75 Å². The topological polar surface area (TPSA) is 34.1 Å². The molecule has 1 N–H and O–H groups in total. The molecule has 1 fully saturated rings. The molecule has 0 radical (unpaired) electrons. The molecule has 1 aromatic carbocycles. The van der Waals surface area contributed by atoms with Crippen LogP contribution in [0.2, 0.25) is 0 Å². The van der Waals surface area contributed by atoms with Crippen molar-refractivity contribution in [3.05, 3.63) is 58.9 Å². The van der Waals surface area contributed by atoms with Gasteiger partial charge < -0.3 is 10.1 Å². The number of ether oxygens (including phenoxy) is 1. The average Bonchev–Trinajstić information content (AvgIpc) is 3.29. The summed E-state index contributed by atoms with van der Waals surface area (Å²) in [5, 5.41) is 3.71. The van der Waals surface area contributed by atoms with E-state index in [1.807, 2.05) is 13.1 Å². The van der Waals surface area contributed by atoms with Crippen LogP contribution in [0.5, 0.6) is 5.75 Å². The molecule has 1 heterocycles. The molecule has 1 aromatic heterocycles. The Balaban J connectivity index is 1.68. The van der Waals surface area contributed by atoms with Crippen molar-refractivity contribution in [3.63, 3.8) is 0 Å². The fraction of sp³-hybridized carbons (Fsp3) is 0.421. The van der Waals surface area contributed by atoms with Gasteiger partial charge >= 0.3 is 0 Å². The minimum Gasteiger partial charge on any atom is -0.494 e. The Morgan fingerprint density at radius 3 is 2.50 bits per heavy atom. The first-order valence-electron chi connectivity index (χ1n) is 8.03. The number of hydrogen-bond donors (Lipinski definition) is 1. The van der Waals surface area contributed by atoms with E-state index in [-0.39, 0.29) is 5.54 Å². The fourth-order valence-corrected chi connectivity index (χ4v) is 2.91. The Morgan fingerprint density at radius 1 is 1.18 bits per heavy atom. The smallest absolute Gasteiger partial charge is 0.119 e. The molecule has 0 unspecified atom stereocenters. The monoisotopic (exact) mass is 296 g/mol. The van der Waals surface area contributed by atoms with Crippen LogP contribution in [0.15, 0.2) is 36.5 Å². The van der Waals surface area contributed by atoms with Gasteiger partial charge in [-0.1, -0.05) is 18.2 Å². The van der Waals surface area contributed by atoms with Gasteiger partial charge in [0.1, 0.15) is 5.75 Å². The van der Waals surface area contributed by atoms with Crippen LogP contribution in [0.25, 0.3) is 0 Å². The summed E-state index contributed by atoms with van der Waals surface area (Å²) in [6.07, 6.45) is 4.32. The van der Waals surface area contributed by atoms with E-state index in [1.165, 1.54) is 29.5 Å². The second-order valence-corrected chi connectivity index (χ2v) is 6.17. The molecule has 3 nitrogen and oxygen atoms in total. The van der Waals surface area contributed by atoms with Gasteiger partial charge in [0.05, 0.1) is 12.3 Å². The second kappa shape index (κ2) is 6.09. The van der Waals surface area contributed by atoms with E-state index >= 15 is 0 Å². The van der Waals surface area contributed by atoms with Crippen LogP contribution in [0.3, 0.4) is 0 Å². The zero-order valence-electron chi connectivity index (χ0n) is 13.6. The van der Waals surface area contributed by atoms with E-state index in [0.717, 1.165) is 18.0 Å². The number of benzene rings is 1. The van der Waals surface area contributed by atoms with Crippen molar-refractivity contribution >= 4 is 0 Å².